The van der Waals surface area contributed by atoms with E-state index in [9.17, 15) is 34.8 Å². The minimum absolute atomic E-state index is 0.359. The first kappa shape index (κ1) is 26.5. The number of carboxylic acid groups (broad SMARTS) is 1. The van der Waals surface area contributed by atoms with E-state index in [0.717, 1.165) is 0 Å². The standard InChI is InChI=1S/C20H31N3O8/c1-2-6-12(21)19(30)23-14(10-24)16(27)17(28)18(29)20(31)22-13(9-15(25)26)11-7-4-3-5-8-11/h3-5,7-8,12-14,16-18,24,27-29H,2,6,9-10,21H2,1H3,(H,22,31)(H,23,30)(H,25,26). The van der Waals surface area contributed by atoms with Gasteiger partial charge in [-0.2, -0.15) is 0 Å². The summed E-state index contributed by atoms with van der Waals surface area (Å²) in [5, 5.41) is 53.8. The normalized spacial score (nSPS) is 17.0. The Balaban J connectivity index is 2.83. The van der Waals surface area contributed by atoms with Crippen LogP contribution in [-0.4, -0.2) is 80.3 Å². The van der Waals surface area contributed by atoms with Crippen molar-refractivity contribution in [3.8, 4) is 0 Å². The molecule has 0 heterocycles. The summed E-state index contributed by atoms with van der Waals surface area (Å²) in [5.74, 6) is -3.00. The molecule has 0 aliphatic rings. The van der Waals surface area contributed by atoms with Gasteiger partial charge in [0.2, 0.25) is 5.91 Å². The molecule has 9 N–H and O–H groups in total. The summed E-state index contributed by atoms with van der Waals surface area (Å²) in [7, 11) is 0. The van der Waals surface area contributed by atoms with Crippen LogP contribution in [0.25, 0.3) is 0 Å². The van der Waals surface area contributed by atoms with Crippen LogP contribution in [0.1, 0.15) is 37.8 Å². The first-order valence-corrected chi connectivity index (χ1v) is 9.90. The molecule has 1 rings (SSSR count). The Morgan fingerprint density at radius 3 is 2.13 bits per heavy atom. The number of carbonyl (C=O) groups is 3. The van der Waals surface area contributed by atoms with Crippen LogP contribution in [0.15, 0.2) is 30.3 Å². The molecule has 1 aromatic carbocycles. The van der Waals surface area contributed by atoms with Crippen molar-refractivity contribution in [1.29, 1.82) is 0 Å². The van der Waals surface area contributed by atoms with Crippen LogP contribution in [-0.2, 0) is 14.4 Å². The van der Waals surface area contributed by atoms with E-state index >= 15 is 0 Å². The van der Waals surface area contributed by atoms with Crippen molar-refractivity contribution in [2.75, 3.05) is 6.61 Å². The smallest absolute Gasteiger partial charge is 0.305 e. The van der Waals surface area contributed by atoms with Crippen LogP contribution in [0, 0.1) is 0 Å². The molecule has 174 valence electrons. The number of hydrogen-bond acceptors (Lipinski definition) is 8. The molecular formula is C20H31N3O8. The van der Waals surface area contributed by atoms with Gasteiger partial charge in [-0.3, -0.25) is 14.4 Å². The van der Waals surface area contributed by atoms with Crippen LogP contribution in [0.4, 0.5) is 0 Å². The Labute approximate surface area is 179 Å². The van der Waals surface area contributed by atoms with Crippen LogP contribution in [0.2, 0.25) is 0 Å². The zero-order valence-corrected chi connectivity index (χ0v) is 17.2. The highest BCUT2D eigenvalue weighted by Gasteiger charge is 2.37. The largest absolute Gasteiger partial charge is 0.481 e. The minimum atomic E-state index is -2.16. The van der Waals surface area contributed by atoms with Crippen molar-refractivity contribution in [3.63, 3.8) is 0 Å². The topological polar surface area (TPSA) is 202 Å². The third-order valence-electron chi connectivity index (χ3n) is 4.71. The van der Waals surface area contributed by atoms with Crippen molar-refractivity contribution in [2.24, 2.45) is 5.73 Å². The summed E-state index contributed by atoms with van der Waals surface area (Å²) < 4.78 is 0. The second kappa shape index (κ2) is 13.0. The third kappa shape index (κ3) is 8.23. The Morgan fingerprint density at radius 1 is 1.00 bits per heavy atom. The van der Waals surface area contributed by atoms with Gasteiger partial charge in [0.05, 0.1) is 31.2 Å². The Hall–Kier alpha value is -2.57. The molecule has 0 radical (unpaired) electrons. The average molecular weight is 441 g/mol. The fraction of sp³-hybridized carbons (Fsp3) is 0.550. The molecule has 11 nitrogen and oxygen atoms in total. The van der Waals surface area contributed by atoms with E-state index in [2.05, 4.69) is 10.6 Å². The summed E-state index contributed by atoms with van der Waals surface area (Å²) in [5.41, 5.74) is 6.13. The van der Waals surface area contributed by atoms with Gasteiger partial charge in [-0.15, -0.1) is 0 Å². The van der Waals surface area contributed by atoms with Gasteiger partial charge in [-0.25, -0.2) is 0 Å². The Kier molecular flexibility index (Phi) is 11.1. The van der Waals surface area contributed by atoms with Crippen LogP contribution >= 0.6 is 0 Å². The van der Waals surface area contributed by atoms with Crippen molar-refractivity contribution < 1.29 is 39.9 Å². The highest BCUT2D eigenvalue weighted by atomic mass is 16.4. The van der Waals surface area contributed by atoms with Gasteiger partial charge in [-0.1, -0.05) is 43.7 Å². The summed E-state index contributed by atoms with van der Waals surface area (Å²) in [6, 6.07) is 4.88. The number of hydrogen-bond donors (Lipinski definition) is 8. The third-order valence-corrected chi connectivity index (χ3v) is 4.71. The van der Waals surface area contributed by atoms with E-state index in [0.29, 0.717) is 18.4 Å². The van der Waals surface area contributed by atoms with E-state index in [-0.39, 0.29) is 0 Å². The number of aliphatic hydroxyl groups is 4. The molecule has 0 aliphatic heterocycles. The number of benzene rings is 1. The van der Waals surface area contributed by atoms with Gasteiger partial charge in [-0.05, 0) is 12.0 Å². The number of aliphatic hydroxyl groups excluding tert-OH is 4. The molecule has 31 heavy (non-hydrogen) atoms. The minimum Gasteiger partial charge on any atom is -0.481 e. The predicted octanol–water partition coefficient (Wildman–Crippen LogP) is -1.99. The van der Waals surface area contributed by atoms with Crippen molar-refractivity contribution in [1.82, 2.24) is 10.6 Å². The van der Waals surface area contributed by atoms with Gasteiger partial charge in [0.25, 0.3) is 5.91 Å². The average Bonchev–Trinajstić information content (AvgIpc) is 2.75. The fourth-order valence-corrected chi connectivity index (χ4v) is 2.92. The zero-order valence-electron chi connectivity index (χ0n) is 17.2. The lowest BCUT2D eigenvalue weighted by molar-refractivity contribution is -0.145. The Bertz CT molecular complexity index is 718. The van der Waals surface area contributed by atoms with E-state index in [1.54, 1.807) is 30.3 Å². The molecule has 0 spiro atoms. The van der Waals surface area contributed by atoms with Crippen LogP contribution in [0.5, 0.6) is 0 Å². The number of rotatable bonds is 13. The fourth-order valence-electron chi connectivity index (χ4n) is 2.92. The molecule has 0 bridgehead atoms. The monoisotopic (exact) mass is 441 g/mol. The summed E-state index contributed by atoms with van der Waals surface area (Å²) in [4.78, 5) is 35.5. The lowest BCUT2D eigenvalue weighted by Crippen LogP contribution is -2.58. The highest BCUT2D eigenvalue weighted by molar-refractivity contribution is 5.83. The van der Waals surface area contributed by atoms with Crippen molar-refractivity contribution in [3.05, 3.63) is 35.9 Å². The maximum Gasteiger partial charge on any atom is 0.305 e. The van der Waals surface area contributed by atoms with E-state index in [1.165, 1.54) is 0 Å². The number of carboxylic acids is 1. The van der Waals surface area contributed by atoms with Gasteiger partial charge in [0, 0.05) is 0 Å². The van der Waals surface area contributed by atoms with Crippen LogP contribution < -0.4 is 16.4 Å². The molecule has 6 unspecified atom stereocenters. The van der Waals surface area contributed by atoms with Gasteiger partial charge >= 0.3 is 5.97 Å². The Morgan fingerprint density at radius 2 is 1.61 bits per heavy atom. The molecule has 6 atom stereocenters. The molecule has 2 amide bonds. The first-order chi connectivity index (χ1) is 14.6. The second-order valence-electron chi connectivity index (χ2n) is 7.19. The molecular weight excluding hydrogens is 410 g/mol. The van der Waals surface area contributed by atoms with Crippen LogP contribution in [0.3, 0.4) is 0 Å². The lowest BCUT2D eigenvalue weighted by Gasteiger charge is -2.30. The number of nitrogens with two attached hydrogens (primary N) is 1. The van der Waals surface area contributed by atoms with E-state index in [1.807, 2.05) is 6.92 Å². The zero-order chi connectivity index (χ0) is 23.6. The number of carbonyl (C=O) groups excluding carboxylic acids is 2. The summed E-state index contributed by atoms with van der Waals surface area (Å²) >= 11 is 0. The SMILES string of the molecule is CCCC(N)C(=O)NC(CO)C(O)C(O)C(O)C(=O)NC(CC(=O)O)c1ccccc1. The molecule has 0 fully saturated rings. The summed E-state index contributed by atoms with van der Waals surface area (Å²) in [6.07, 6.45) is -5.64. The summed E-state index contributed by atoms with van der Waals surface area (Å²) in [6.45, 7) is 1.03. The van der Waals surface area contributed by atoms with Gasteiger partial charge in [0.15, 0.2) is 6.10 Å². The highest BCUT2D eigenvalue weighted by Crippen LogP contribution is 2.17. The molecule has 0 aliphatic carbocycles. The van der Waals surface area contributed by atoms with Gasteiger partial charge in [0.1, 0.15) is 12.2 Å². The number of amides is 2. The van der Waals surface area contributed by atoms with Crippen molar-refractivity contribution in [2.45, 2.75) is 62.6 Å². The second-order valence-corrected chi connectivity index (χ2v) is 7.19. The first-order valence-electron chi connectivity index (χ1n) is 9.90. The number of nitrogens with one attached hydrogen (secondary N) is 2. The molecule has 0 aromatic heterocycles. The molecule has 0 saturated carbocycles. The predicted molar refractivity (Wildman–Crippen MR) is 109 cm³/mol. The van der Waals surface area contributed by atoms with E-state index < -0.39 is 67.2 Å². The van der Waals surface area contributed by atoms with E-state index in [4.69, 9.17) is 10.8 Å². The molecule has 11 heteroatoms. The maximum absolute atomic E-state index is 12.4. The quantitative estimate of drug-likeness (QED) is 0.170. The molecule has 1 aromatic rings. The lowest BCUT2D eigenvalue weighted by atomic mass is 9.98. The number of aliphatic carboxylic acids is 1. The van der Waals surface area contributed by atoms with Crippen molar-refractivity contribution >= 4 is 17.8 Å². The van der Waals surface area contributed by atoms with Gasteiger partial charge < -0.3 is 41.9 Å². The maximum atomic E-state index is 12.4. The molecule has 0 saturated heterocycles.